The molecule has 1 aromatic rings. The van der Waals surface area contributed by atoms with Crippen LogP contribution >= 0.6 is 0 Å². The number of piperazine rings is 1. The summed E-state index contributed by atoms with van der Waals surface area (Å²) in [6, 6.07) is 3.62. The number of carbonyl (C=O) groups is 1. The van der Waals surface area contributed by atoms with Crippen LogP contribution in [-0.2, 0) is 4.74 Å². The number of pyridine rings is 1. The van der Waals surface area contributed by atoms with Crippen LogP contribution in [-0.4, -0.2) is 55.0 Å². The van der Waals surface area contributed by atoms with E-state index in [2.05, 4.69) is 4.98 Å². The topological polar surface area (TPSA) is 71.7 Å². The molecule has 1 unspecified atom stereocenters. The number of nitrogens with two attached hydrogens (primary N) is 1. The SMILES string of the molecule is [B]C1CN(C(=O)OC(C)(C)C)CCN1c1ccc(N)nc1. The van der Waals surface area contributed by atoms with Gasteiger partial charge in [0.1, 0.15) is 19.3 Å². The maximum atomic E-state index is 12.0. The number of ether oxygens (including phenoxy) is 1. The molecule has 0 saturated carbocycles. The van der Waals surface area contributed by atoms with Crippen LogP contribution in [0.15, 0.2) is 18.3 Å². The van der Waals surface area contributed by atoms with Gasteiger partial charge < -0.3 is 20.3 Å². The minimum absolute atomic E-state index is 0.295. The Hall–Kier alpha value is -1.92. The number of hydrogen-bond acceptors (Lipinski definition) is 5. The summed E-state index contributed by atoms with van der Waals surface area (Å²) in [4.78, 5) is 19.8. The molecule has 0 aromatic carbocycles. The zero-order valence-corrected chi connectivity index (χ0v) is 12.7. The van der Waals surface area contributed by atoms with Crippen molar-refractivity contribution in [3.05, 3.63) is 18.3 Å². The van der Waals surface area contributed by atoms with Gasteiger partial charge in [0.2, 0.25) is 0 Å². The molecule has 1 fully saturated rings. The molecule has 112 valence electrons. The van der Waals surface area contributed by atoms with Crippen molar-refractivity contribution in [3.63, 3.8) is 0 Å². The van der Waals surface area contributed by atoms with Gasteiger partial charge >= 0.3 is 6.09 Å². The van der Waals surface area contributed by atoms with Crippen LogP contribution in [0.3, 0.4) is 0 Å². The number of aromatic nitrogens is 1. The van der Waals surface area contributed by atoms with E-state index in [4.69, 9.17) is 18.3 Å². The van der Waals surface area contributed by atoms with E-state index in [9.17, 15) is 4.79 Å². The lowest BCUT2D eigenvalue weighted by molar-refractivity contribution is 0.0232. The Morgan fingerprint density at radius 2 is 2.14 bits per heavy atom. The lowest BCUT2D eigenvalue weighted by Gasteiger charge is -2.41. The summed E-state index contributed by atoms with van der Waals surface area (Å²) in [5.41, 5.74) is 5.98. The molecule has 1 aliphatic rings. The second-order valence-electron chi connectivity index (χ2n) is 6.13. The third-order valence-electron chi connectivity index (χ3n) is 3.17. The lowest BCUT2D eigenvalue weighted by Crippen LogP contribution is -2.56. The van der Waals surface area contributed by atoms with E-state index in [1.54, 1.807) is 17.2 Å². The number of nitrogens with zero attached hydrogens (tertiary/aromatic N) is 3. The van der Waals surface area contributed by atoms with E-state index >= 15 is 0 Å². The minimum atomic E-state index is -0.501. The highest BCUT2D eigenvalue weighted by Gasteiger charge is 2.29. The largest absolute Gasteiger partial charge is 0.444 e. The van der Waals surface area contributed by atoms with Crippen molar-refractivity contribution < 1.29 is 9.53 Å². The fourth-order valence-corrected chi connectivity index (χ4v) is 2.19. The number of hydrogen-bond donors (Lipinski definition) is 1. The molecular formula is C14H21BN4O2. The highest BCUT2D eigenvalue weighted by molar-refractivity contribution is 6.14. The highest BCUT2D eigenvalue weighted by atomic mass is 16.6. The molecule has 2 heterocycles. The maximum absolute atomic E-state index is 12.0. The van der Waals surface area contributed by atoms with Crippen molar-refractivity contribution in [2.24, 2.45) is 0 Å². The van der Waals surface area contributed by atoms with E-state index in [-0.39, 0.29) is 12.0 Å². The van der Waals surface area contributed by atoms with Gasteiger partial charge in [0, 0.05) is 25.6 Å². The highest BCUT2D eigenvalue weighted by Crippen LogP contribution is 2.20. The van der Waals surface area contributed by atoms with Crippen LogP contribution in [0, 0.1) is 0 Å². The molecule has 1 aliphatic heterocycles. The Labute approximate surface area is 126 Å². The van der Waals surface area contributed by atoms with Gasteiger partial charge in [-0.25, -0.2) is 9.78 Å². The van der Waals surface area contributed by atoms with Crippen LogP contribution in [0.25, 0.3) is 0 Å². The van der Waals surface area contributed by atoms with Gasteiger partial charge in [-0.2, -0.15) is 0 Å². The first-order chi connectivity index (χ1) is 9.76. The van der Waals surface area contributed by atoms with Crippen molar-refractivity contribution in [1.82, 2.24) is 9.88 Å². The number of carbonyl (C=O) groups excluding carboxylic acids is 1. The van der Waals surface area contributed by atoms with E-state index in [0.717, 1.165) is 5.69 Å². The normalized spacial score (nSPS) is 19.5. The van der Waals surface area contributed by atoms with Gasteiger partial charge in [-0.15, -0.1) is 0 Å². The predicted molar refractivity (Wildman–Crippen MR) is 83.3 cm³/mol. The first-order valence-corrected chi connectivity index (χ1v) is 6.98. The molecule has 0 bridgehead atoms. The maximum Gasteiger partial charge on any atom is 0.410 e. The summed E-state index contributed by atoms with van der Waals surface area (Å²) in [5, 5.41) is 0. The predicted octanol–water partition coefficient (Wildman–Crippen LogP) is 1.22. The smallest absolute Gasteiger partial charge is 0.410 e. The van der Waals surface area contributed by atoms with E-state index in [1.165, 1.54) is 0 Å². The Morgan fingerprint density at radius 3 is 2.67 bits per heavy atom. The van der Waals surface area contributed by atoms with E-state index < -0.39 is 5.60 Å². The van der Waals surface area contributed by atoms with Crippen LogP contribution < -0.4 is 10.6 Å². The second-order valence-corrected chi connectivity index (χ2v) is 6.13. The third-order valence-corrected chi connectivity index (χ3v) is 3.17. The molecule has 1 aromatic heterocycles. The fraction of sp³-hybridized carbons (Fsp3) is 0.571. The van der Waals surface area contributed by atoms with Crippen LogP contribution in [0.2, 0.25) is 0 Å². The molecule has 2 N–H and O–H groups in total. The molecule has 2 radical (unpaired) electrons. The molecule has 21 heavy (non-hydrogen) atoms. The van der Waals surface area contributed by atoms with Crippen molar-refractivity contribution in [1.29, 1.82) is 0 Å². The Kier molecular flexibility index (Phi) is 4.30. The molecule has 1 atom stereocenters. The molecule has 0 spiro atoms. The monoisotopic (exact) mass is 288 g/mol. The lowest BCUT2D eigenvalue weighted by atomic mass is 9.91. The van der Waals surface area contributed by atoms with Crippen LogP contribution in [0.1, 0.15) is 20.8 Å². The first-order valence-electron chi connectivity index (χ1n) is 6.98. The van der Waals surface area contributed by atoms with Crippen molar-refractivity contribution in [2.45, 2.75) is 32.3 Å². The summed E-state index contributed by atoms with van der Waals surface area (Å²) in [6.45, 7) is 7.15. The van der Waals surface area contributed by atoms with E-state index in [1.807, 2.05) is 31.7 Å². The fourth-order valence-electron chi connectivity index (χ4n) is 2.19. The van der Waals surface area contributed by atoms with Gasteiger partial charge in [0.05, 0.1) is 11.9 Å². The Bertz CT molecular complexity index is 501. The summed E-state index contributed by atoms with van der Waals surface area (Å²) in [7, 11) is 6.16. The van der Waals surface area contributed by atoms with Crippen molar-refractivity contribution >= 4 is 25.4 Å². The van der Waals surface area contributed by atoms with Gasteiger partial charge in [-0.05, 0) is 32.9 Å². The number of nitrogen functional groups attached to an aromatic ring is 1. The first kappa shape index (κ1) is 15.5. The van der Waals surface area contributed by atoms with Gasteiger partial charge in [-0.1, -0.05) is 0 Å². The quantitative estimate of drug-likeness (QED) is 0.787. The molecule has 0 aliphatic carbocycles. The molecule has 2 rings (SSSR count). The number of amides is 1. The molecular weight excluding hydrogens is 267 g/mol. The summed E-state index contributed by atoms with van der Waals surface area (Å²) in [5.74, 6) is 0.177. The molecule has 6 nitrogen and oxygen atoms in total. The zero-order valence-electron chi connectivity index (χ0n) is 12.7. The average Bonchev–Trinajstić information content (AvgIpc) is 2.38. The minimum Gasteiger partial charge on any atom is -0.444 e. The summed E-state index contributed by atoms with van der Waals surface area (Å²) < 4.78 is 5.37. The Balaban J connectivity index is 1.99. The summed E-state index contributed by atoms with van der Waals surface area (Å²) >= 11 is 0. The third kappa shape index (κ3) is 4.03. The van der Waals surface area contributed by atoms with Crippen LogP contribution in [0.4, 0.5) is 16.3 Å². The number of anilines is 2. The number of rotatable bonds is 1. The standard InChI is InChI=1S/C14H21BN4O2/c1-14(2,3)21-13(20)18-6-7-19(11(15)9-18)10-4-5-12(16)17-8-10/h4-5,8,11H,6-7,9H2,1-3H3,(H2,16,17). The zero-order chi connectivity index (χ0) is 15.6. The summed E-state index contributed by atoms with van der Waals surface area (Å²) in [6.07, 6.45) is 1.37. The van der Waals surface area contributed by atoms with Gasteiger partial charge in [-0.3, -0.25) is 0 Å². The Morgan fingerprint density at radius 1 is 1.43 bits per heavy atom. The van der Waals surface area contributed by atoms with Crippen molar-refractivity contribution in [3.8, 4) is 0 Å². The van der Waals surface area contributed by atoms with E-state index in [0.29, 0.717) is 25.5 Å². The molecule has 1 amide bonds. The van der Waals surface area contributed by atoms with Gasteiger partial charge in [0.15, 0.2) is 0 Å². The molecule has 1 saturated heterocycles. The van der Waals surface area contributed by atoms with Gasteiger partial charge in [0.25, 0.3) is 0 Å². The van der Waals surface area contributed by atoms with Crippen molar-refractivity contribution in [2.75, 3.05) is 30.3 Å². The average molecular weight is 288 g/mol. The second kappa shape index (κ2) is 5.83. The van der Waals surface area contributed by atoms with Crippen LogP contribution in [0.5, 0.6) is 0 Å². The molecule has 7 heteroatoms.